The Labute approximate surface area is 126 Å². The van der Waals surface area contributed by atoms with Gasteiger partial charge in [0.05, 0.1) is 18.1 Å². The molecular formula is C15H27N3O3. The van der Waals surface area contributed by atoms with Crippen molar-refractivity contribution in [3.63, 3.8) is 0 Å². The molecule has 6 nitrogen and oxygen atoms in total. The number of rotatable bonds is 3. The number of aldehydes is 3. The highest BCUT2D eigenvalue weighted by atomic mass is 16.1. The van der Waals surface area contributed by atoms with Crippen molar-refractivity contribution in [2.24, 2.45) is 0 Å². The number of nitrogens with one attached hydrogen (secondary N) is 3. The second-order valence-corrected chi connectivity index (χ2v) is 5.52. The van der Waals surface area contributed by atoms with Gasteiger partial charge in [0.25, 0.3) is 0 Å². The molecule has 6 heteroatoms. The van der Waals surface area contributed by atoms with E-state index in [9.17, 15) is 14.4 Å². The zero-order valence-electron chi connectivity index (χ0n) is 12.6. The predicted molar refractivity (Wildman–Crippen MR) is 81.3 cm³/mol. The Kier molecular flexibility index (Phi) is 9.86. The van der Waals surface area contributed by atoms with Crippen molar-refractivity contribution in [3.05, 3.63) is 0 Å². The molecule has 0 amide bonds. The number of carbonyl (C=O) groups is 3. The molecule has 3 atom stereocenters. The zero-order valence-corrected chi connectivity index (χ0v) is 12.6. The molecule has 3 aliphatic rings. The van der Waals surface area contributed by atoms with Crippen LogP contribution in [0.15, 0.2) is 0 Å². The normalized spacial score (nSPS) is 30.6. The van der Waals surface area contributed by atoms with E-state index in [1.54, 1.807) is 0 Å². The van der Waals surface area contributed by atoms with Crippen LogP contribution in [0.2, 0.25) is 0 Å². The second-order valence-electron chi connectivity index (χ2n) is 5.52. The van der Waals surface area contributed by atoms with Crippen molar-refractivity contribution in [3.8, 4) is 0 Å². The number of carbonyl (C=O) groups excluding carboxylic acids is 3. The van der Waals surface area contributed by atoms with E-state index < -0.39 is 0 Å². The number of hydrogen-bond donors (Lipinski definition) is 3. The molecule has 0 bridgehead atoms. The van der Waals surface area contributed by atoms with Gasteiger partial charge in [-0.2, -0.15) is 0 Å². The highest BCUT2D eigenvalue weighted by Gasteiger charge is 2.13. The minimum atomic E-state index is 0.156. The van der Waals surface area contributed by atoms with Gasteiger partial charge < -0.3 is 30.3 Å². The van der Waals surface area contributed by atoms with Crippen LogP contribution in [0, 0.1) is 0 Å². The summed E-state index contributed by atoms with van der Waals surface area (Å²) in [5.74, 6) is 0. The molecule has 0 radical (unpaired) electrons. The Balaban J connectivity index is 0.000000159. The van der Waals surface area contributed by atoms with Gasteiger partial charge in [0.15, 0.2) is 0 Å². The van der Waals surface area contributed by atoms with E-state index in [0.29, 0.717) is 0 Å². The molecule has 3 saturated heterocycles. The molecular weight excluding hydrogens is 270 g/mol. The van der Waals surface area contributed by atoms with Gasteiger partial charge >= 0.3 is 0 Å². The van der Waals surface area contributed by atoms with Gasteiger partial charge in [-0.25, -0.2) is 0 Å². The highest BCUT2D eigenvalue weighted by Crippen LogP contribution is 2.03. The van der Waals surface area contributed by atoms with Gasteiger partial charge in [0, 0.05) is 0 Å². The first-order chi connectivity index (χ1) is 10.3. The van der Waals surface area contributed by atoms with Crippen LogP contribution >= 0.6 is 0 Å². The van der Waals surface area contributed by atoms with Crippen molar-refractivity contribution in [1.82, 2.24) is 16.0 Å². The molecule has 0 spiro atoms. The predicted octanol–water partition coefficient (Wildman–Crippen LogP) is -0.188. The topological polar surface area (TPSA) is 87.3 Å². The molecule has 3 N–H and O–H groups in total. The molecule has 0 aromatic rings. The minimum absolute atomic E-state index is 0.156. The average Bonchev–Trinajstić information content (AvgIpc) is 3.02. The quantitative estimate of drug-likeness (QED) is 0.626. The molecule has 0 aromatic carbocycles. The first kappa shape index (κ1) is 17.9. The average molecular weight is 297 g/mol. The fraction of sp³-hybridized carbons (Fsp3) is 0.800. The second kappa shape index (κ2) is 11.5. The van der Waals surface area contributed by atoms with Gasteiger partial charge in [-0.1, -0.05) is 6.42 Å². The van der Waals surface area contributed by atoms with Crippen molar-refractivity contribution < 1.29 is 14.4 Å². The molecule has 0 aromatic heterocycles. The third kappa shape index (κ3) is 8.04. The van der Waals surface area contributed by atoms with E-state index >= 15 is 0 Å². The smallest absolute Gasteiger partial charge is 0.136 e. The van der Waals surface area contributed by atoms with Gasteiger partial charge in [0.2, 0.25) is 0 Å². The molecule has 3 unspecified atom stereocenters. The zero-order chi connectivity index (χ0) is 15.3. The lowest BCUT2D eigenvalue weighted by Crippen LogP contribution is -2.43. The van der Waals surface area contributed by atoms with E-state index in [1.807, 2.05) is 0 Å². The monoisotopic (exact) mass is 297 g/mol. The lowest BCUT2D eigenvalue weighted by molar-refractivity contribution is -0.111. The van der Waals surface area contributed by atoms with Crippen LogP contribution in [0.1, 0.15) is 38.5 Å². The first-order valence-electron chi connectivity index (χ1n) is 7.86. The van der Waals surface area contributed by atoms with Gasteiger partial charge in [0.1, 0.15) is 18.9 Å². The summed E-state index contributed by atoms with van der Waals surface area (Å²) in [5, 5.41) is 9.07. The summed E-state index contributed by atoms with van der Waals surface area (Å²) in [6.07, 6.45) is 9.61. The van der Waals surface area contributed by atoms with Crippen LogP contribution in [0.25, 0.3) is 0 Å². The van der Waals surface area contributed by atoms with E-state index in [2.05, 4.69) is 16.0 Å². The summed E-state index contributed by atoms with van der Waals surface area (Å²) >= 11 is 0. The summed E-state index contributed by atoms with van der Waals surface area (Å²) in [4.78, 5) is 29.8. The van der Waals surface area contributed by atoms with Crippen molar-refractivity contribution >= 4 is 18.9 Å². The van der Waals surface area contributed by atoms with Crippen LogP contribution in [0.5, 0.6) is 0 Å². The van der Waals surface area contributed by atoms with Gasteiger partial charge in [-0.15, -0.1) is 0 Å². The summed E-state index contributed by atoms with van der Waals surface area (Å²) < 4.78 is 0. The van der Waals surface area contributed by atoms with Gasteiger partial charge in [-0.3, -0.25) is 0 Å². The maximum Gasteiger partial charge on any atom is 0.136 e. The van der Waals surface area contributed by atoms with E-state index in [1.165, 1.54) is 12.8 Å². The van der Waals surface area contributed by atoms with E-state index in [0.717, 1.165) is 64.2 Å². The van der Waals surface area contributed by atoms with E-state index in [4.69, 9.17) is 0 Å². The molecule has 21 heavy (non-hydrogen) atoms. The molecule has 3 rings (SSSR count). The van der Waals surface area contributed by atoms with Crippen LogP contribution < -0.4 is 16.0 Å². The summed E-state index contributed by atoms with van der Waals surface area (Å²) in [6.45, 7) is 3.05. The molecule has 120 valence electrons. The number of piperidine rings is 1. The lowest BCUT2D eigenvalue weighted by atomic mass is 10.1. The minimum Gasteiger partial charge on any atom is -0.308 e. The van der Waals surface area contributed by atoms with Crippen molar-refractivity contribution in [1.29, 1.82) is 0 Å². The first-order valence-corrected chi connectivity index (χ1v) is 7.86. The van der Waals surface area contributed by atoms with Crippen molar-refractivity contribution in [2.45, 2.75) is 56.7 Å². The fourth-order valence-corrected chi connectivity index (χ4v) is 2.25. The maximum atomic E-state index is 10.1. The third-order valence-corrected chi connectivity index (χ3v) is 3.80. The van der Waals surface area contributed by atoms with Gasteiger partial charge in [-0.05, 0) is 51.7 Å². The number of hydrogen-bond acceptors (Lipinski definition) is 6. The largest absolute Gasteiger partial charge is 0.308 e. The third-order valence-electron chi connectivity index (χ3n) is 3.80. The highest BCUT2D eigenvalue weighted by molar-refractivity contribution is 5.59. The van der Waals surface area contributed by atoms with Crippen LogP contribution in [-0.2, 0) is 14.4 Å². The lowest BCUT2D eigenvalue weighted by Gasteiger charge is -2.20. The standard InChI is InChI=1S/C6H11NO.C5H9NO.C4H7NO/c8-5-6-3-1-2-4-7-6;7-4-5-2-1-3-6-5;6-3-4-1-2-5-4/h5-7H,1-4H2;4-6H,1-3H2;3-5H,1-2H2. The summed E-state index contributed by atoms with van der Waals surface area (Å²) in [5.41, 5.74) is 0. The van der Waals surface area contributed by atoms with Crippen LogP contribution in [0.4, 0.5) is 0 Å². The van der Waals surface area contributed by atoms with Crippen LogP contribution in [0.3, 0.4) is 0 Å². The molecule has 3 heterocycles. The summed E-state index contributed by atoms with van der Waals surface area (Å²) in [6, 6.07) is 0.508. The fourth-order valence-electron chi connectivity index (χ4n) is 2.25. The molecule has 0 aliphatic carbocycles. The van der Waals surface area contributed by atoms with E-state index in [-0.39, 0.29) is 18.1 Å². The maximum absolute atomic E-state index is 10.1. The Morgan fingerprint density at radius 3 is 1.24 bits per heavy atom. The Morgan fingerprint density at radius 1 is 0.571 bits per heavy atom. The Hall–Kier alpha value is -1.11. The molecule has 3 aliphatic heterocycles. The Morgan fingerprint density at radius 2 is 1.00 bits per heavy atom. The Bertz CT molecular complexity index is 297. The SMILES string of the molecule is O=CC1CCCCN1.O=CC1CCCN1.O=CC1CCN1. The molecule has 0 saturated carbocycles. The van der Waals surface area contributed by atoms with Crippen molar-refractivity contribution in [2.75, 3.05) is 19.6 Å². The summed E-state index contributed by atoms with van der Waals surface area (Å²) in [7, 11) is 0. The molecule has 3 fully saturated rings. The van der Waals surface area contributed by atoms with Crippen LogP contribution in [-0.4, -0.2) is 56.6 Å².